The highest BCUT2D eigenvalue weighted by molar-refractivity contribution is 5.89. The van der Waals surface area contributed by atoms with Crippen molar-refractivity contribution in [2.45, 2.75) is 37.6 Å². The van der Waals surface area contributed by atoms with Gasteiger partial charge in [0, 0.05) is 38.1 Å². The smallest absolute Gasteiger partial charge is 0.319 e. The number of piperidine rings is 1. The first-order valence-corrected chi connectivity index (χ1v) is 9.19. The van der Waals surface area contributed by atoms with Gasteiger partial charge in [0.25, 0.3) is 0 Å². The van der Waals surface area contributed by atoms with Crippen molar-refractivity contribution in [3.8, 4) is 0 Å². The van der Waals surface area contributed by atoms with Gasteiger partial charge in [0.05, 0.1) is 11.9 Å². The standard InChI is InChI=1S/C19H24FN5O/c1-24-12-16(10-21-24)25-8-2-3-15(11-25)23-19(26)22-14-6-7-17(13-4-5-13)18(20)9-14/h6-7,9-10,12-13,15H,2-5,8,11H2,1H3,(H2,22,23,26). The zero-order chi connectivity index (χ0) is 18.1. The van der Waals surface area contributed by atoms with Crippen LogP contribution in [0.3, 0.4) is 0 Å². The topological polar surface area (TPSA) is 62.2 Å². The Morgan fingerprint density at radius 3 is 2.85 bits per heavy atom. The van der Waals surface area contributed by atoms with E-state index in [1.54, 1.807) is 16.8 Å². The molecule has 0 radical (unpaired) electrons. The van der Waals surface area contributed by atoms with Gasteiger partial charge in [0.2, 0.25) is 0 Å². The lowest BCUT2D eigenvalue weighted by atomic mass is 10.1. The van der Waals surface area contributed by atoms with Crippen molar-refractivity contribution in [3.05, 3.63) is 42.0 Å². The van der Waals surface area contributed by atoms with Gasteiger partial charge in [-0.25, -0.2) is 9.18 Å². The SMILES string of the molecule is Cn1cc(N2CCCC(NC(=O)Nc3ccc(C4CC4)c(F)c3)C2)cn1. The van der Waals surface area contributed by atoms with E-state index in [-0.39, 0.29) is 17.9 Å². The lowest BCUT2D eigenvalue weighted by Crippen LogP contribution is -2.49. The van der Waals surface area contributed by atoms with Gasteiger partial charge >= 0.3 is 6.03 Å². The van der Waals surface area contributed by atoms with Gasteiger partial charge in [-0.3, -0.25) is 4.68 Å². The molecule has 1 unspecified atom stereocenters. The molecule has 1 aromatic carbocycles. The first-order valence-electron chi connectivity index (χ1n) is 9.19. The average Bonchev–Trinajstić information content (AvgIpc) is 3.35. The third-order valence-electron chi connectivity index (χ3n) is 5.09. The number of amides is 2. The Bertz CT molecular complexity index is 801. The third kappa shape index (κ3) is 3.81. The maximum atomic E-state index is 14.1. The zero-order valence-electron chi connectivity index (χ0n) is 14.9. The number of benzene rings is 1. The number of aromatic nitrogens is 2. The van der Waals surface area contributed by atoms with Gasteiger partial charge in [0.15, 0.2) is 0 Å². The normalized spacial score (nSPS) is 20.1. The van der Waals surface area contributed by atoms with Crippen molar-refractivity contribution >= 4 is 17.4 Å². The van der Waals surface area contributed by atoms with E-state index in [0.29, 0.717) is 11.6 Å². The second kappa shape index (κ2) is 6.97. The van der Waals surface area contributed by atoms with Crippen LogP contribution >= 0.6 is 0 Å². The summed E-state index contributed by atoms with van der Waals surface area (Å²) in [6.07, 6.45) is 7.86. The third-order valence-corrected chi connectivity index (χ3v) is 5.09. The number of carbonyl (C=O) groups excluding carboxylic acids is 1. The molecule has 138 valence electrons. The van der Waals surface area contributed by atoms with E-state index >= 15 is 0 Å². The van der Waals surface area contributed by atoms with Crippen LogP contribution in [0.15, 0.2) is 30.6 Å². The highest BCUT2D eigenvalue weighted by Crippen LogP contribution is 2.41. The van der Waals surface area contributed by atoms with Crippen LogP contribution in [0.5, 0.6) is 0 Å². The minimum absolute atomic E-state index is 0.0551. The lowest BCUT2D eigenvalue weighted by Gasteiger charge is -2.33. The van der Waals surface area contributed by atoms with E-state index in [9.17, 15) is 9.18 Å². The van der Waals surface area contributed by atoms with Crippen LogP contribution in [0.2, 0.25) is 0 Å². The van der Waals surface area contributed by atoms with Gasteiger partial charge in [-0.1, -0.05) is 6.07 Å². The molecule has 1 aliphatic heterocycles. The van der Waals surface area contributed by atoms with Gasteiger partial charge in [-0.2, -0.15) is 5.10 Å². The minimum atomic E-state index is -0.290. The Balaban J connectivity index is 1.33. The number of hydrogen-bond donors (Lipinski definition) is 2. The van der Waals surface area contributed by atoms with Crippen LogP contribution in [0.4, 0.5) is 20.6 Å². The van der Waals surface area contributed by atoms with Crippen LogP contribution in [0.25, 0.3) is 0 Å². The predicted molar refractivity (Wildman–Crippen MR) is 99.0 cm³/mol. The van der Waals surface area contributed by atoms with E-state index in [1.165, 1.54) is 6.07 Å². The quantitative estimate of drug-likeness (QED) is 0.883. The van der Waals surface area contributed by atoms with Crippen LogP contribution in [0, 0.1) is 5.82 Å². The van der Waals surface area contributed by atoms with E-state index in [0.717, 1.165) is 50.0 Å². The molecule has 1 atom stereocenters. The molecule has 6 nitrogen and oxygen atoms in total. The highest BCUT2D eigenvalue weighted by Gasteiger charge is 2.27. The summed E-state index contributed by atoms with van der Waals surface area (Å²) in [6, 6.07) is 4.74. The summed E-state index contributed by atoms with van der Waals surface area (Å²) in [5.41, 5.74) is 2.32. The molecule has 2 N–H and O–H groups in total. The van der Waals surface area contributed by atoms with Gasteiger partial charge in [0.1, 0.15) is 5.82 Å². The average molecular weight is 357 g/mol. The Morgan fingerprint density at radius 1 is 1.31 bits per heavy atom. The van der Waals surface area contributed by atoms with Crippen molar-refractivity contribution < 1.29 is 9.18 Å². The van der Waals surface area contributed by atoms with Gasteiger partial charge in [-0.15, -0.1) is 0 Å². The molecule has 2 amide bonds. The molecular weight excluding hydrogens is 333 g/mol. The molecule has 4 rings (SSSR count). The van der Waals surface area contributed by atoms with Crippen molar-refractivity contribution in [3.63, 3.8) is 0 Å². The fourth-order valence-corrected chi connectivity index (χ4v) is 3.58. The van der Waals surface area contributed by atoms with Crippen LogP contribution in [0.1, 0.15) is 37.2 Å². The second-order valence-electron chi connectivity index (χ2n) is 7.27. The largest absolute Gasteiger partial charge is 0.367 e. The van der Waals surface area contributed by atoms with Crippen LogP contribution in [-0.2, 0) is 7.05 Å². The Labute approximate surface area is 152 Å². The van der Waals surface area contributed by atoms with E-state index in [1.807, 2.05) is 19.4 Å². The molecule has 0 bridgehead atoms. The molecule has 1 saturated heterocycles. The Morgan fingerprint density at radius 2 is 2.15 bits per heavy atom. The predicted octanol–water partition coefficient (Wildman–Crippen LogP) is 3.23. The summed E-state index contributed by atoms with van der Waals surface area (Å²) in [5.74, 6) is 0.129. The molecule has 2 aliphatic rings. The number of halogens is 1. The number of urea groups is 1. The summed E-state index contributed by atoms with van der Waals surface area (Å²) in [4.78, 5) is 14.5. The van der Waals surface area contributed by atoms with Gasteiger partial charge in [-0.05, 0) is 49.3 Å². The number of carbonyl (C=O) groups is 1. The fraction of sp³-hybridized carbons (Fsp3) is 0.474. The van der Waals surface area contributed by atoms with Crippen LogP contribution < -0.4 is 15.5 Å². The summed E-state index contributed by atoms with van der Waals surface area (Å²) in [6.45, 7) is 1.70. The number of nitrogens with one attached hydrogen (secondary N) is 2. The summed E-state index contributed by atoms with van der Waals surface area (Å²) < 4.78 is 15.9. The monoisotopic (exact) mass is 357 g/mol. The Kier molecular flexibility index (Phi) is 4.53. The van der Waals surface area contributed by atoms with E-state index < -0.39 is 0 Å². The summed E-state index contributed by atoms with van der Waals surface area (Å²) in [5, 5.41) is 9.96. The zero-order valence-corrected chi connectivity index (χ0v) is 14.9. The summed E-state index contributed by atoms with van der Waals surface area (Å²) >= 11 is 0. The molecule has 7 heteroatoms. The first kappa shape index (κ1) is 16.9. The first-order chi connectivity index (χ1) is 12.6. The minimum Gasteiger partial charge on any atom is -0.367 e. The van der Waals surface area contributed by atoms with Crippen molar-refractivity contribution in [2.75, 3.05) is 23.3 Å². The van der Waals surface area contributed by atoms with Crippen molar-refractivity contribution in [2.24, 2.45) is 7.05 Å². The molecule has 2 fully saturated rings. The Hall–Kier alpha value is -2.57. The number of nitrogens with zero attached hydrogens (tertiary/aromatic N) is 3. The van der Waals surface area contributed by atoms with Crippen LogP contribution in [-0.4, -0.2) is 34.9 Å². The number of anilines is 2. The second-order valence-corrected chi connectivity index (χ2v) is 7.27. The molecule has 2 aromatic rings. The van der Waals surface area contributed by atoms with Crippen molar-refractivity contribution in [1.82, 2.24) is 15.1 Å². The molecule has 2 heterocycles. The lowest BCUT2D eigenvalue weighted by molar-refractivity contribution is 0.246. The molecule has 1 saturated carbocycles. The molecular formula is C19H24FN5O. The van der Waals surface area contributed by atoms with Crippen molar-refractivity contribution in [1.29, 1.82) is 0 Å². The van der Waals surface area contributed by atoms with E-state index in [4.69, 9.17) is 0 Å². The fourth-order valence-electron chi connectivity index (χ4n) is 3.58. The molecule has 0 spiro atoms. The maximum absolute atomic E-state index is 14.1. The molecule has 1 aromatic heterocycles. The van der Waals surface area contributed by atoms with Gasteiger partial charge < -0.3 is 15.5 Å². The number of hydrogen-bond acceptors (Lipinski definition) is 3. The summed E-state index contributed by atoms with van der Waals surface area (Å²) in [7, 11) is 1.89. The number of aryl methyl sites for hydroxylation is 1. The maximum Gasteiger partial charge on any atom is 0.319 e. The number of rotatable bonds is 4. The molecule has 26 heavy (non-hydrogen) atoms. The molecule has 1 aliphatic carbocycles. The highest BCUT2D eigenvalue weighted by atomic mass is 19.1. The van der Waals surface area contributed by atoms with E-state index in [2.05, 4.69) is 20.6 Å².